The second-order valence-electron chi connectivity index (χ2n) is 8.44. The van der Waals surface area contributed by atoms with Crippen molar-refractivity contribution in [3.05, 3.63) is 70.3 Å². The molecule has 2 aromatic carbocycles. The van der Waals surface area contributed by atoms with Crippen molar-refractivity contribution in [3.63, 3.8) is 0 Å². The molecule has 0 heterocycles. The van der Waals surface area contributed by atoms with Gasteiger partial charge in [0.25, 0.3) is 10.0 Å². The van der Waals surface area contributed by atoms with Crippen LogP contribution in [-0.4, -0.2) is 21.2 Å². The Hall–Kier alpha value is -1.82. The Morgan fingerprint density at radius 3 is 2.39 bits per heavy atom. The lowest BCUT2D eigenvalue weighted by Crippen LogP contribution is -2.16. The average molecular weight is 481 g/mol. The van der Waals surface area contributed by atoms with E-state index in [4.69, 9.17) is 23.2 Å². The zero-order valence-electron chi connectivity index (χ0n) is 18.6. The minimum absolute atomic E-state index is 0.0574. The highest BCUT2D eigenvalue weighted by Gasteiger charge is 2.21. The molecule has 1 atom stereocenters. The summed E-state index contributed by atoms with van der Waals surface area (Å²) in [6, 6.07) is 11.9. The summed E-state index contributed by atoms with van der Waals surface area (Å²) in [6.45, 7) is 10.9. The molecule has 0 amide bonds. The van der Waals surface area contributed by atoms with Gasteiger partial charge in [-0.2, -0.15) is 0 Å². The van der Waals surface area contributed by atoms with Gasteiger partial charge in [0, 0.05) is 17.8 Å². The zero-order valence-corrected chi connectivity index (χ0v) is 20.9. The van der Waals surface area contributed by atoms with Crippen LogP contribution in [0.15, 0.2) is 64.0 Å². The van der Waals surface area contributed by atoms with Gasteiger partial charge in [0.1, 0.15) is 0 Å². The van der Waals surface area contributed by atoms with Crippen LogP contribution >= 0.6 is 23.2 Å². The highest BCUT2D eigenvalue weighted by Crippen LogP contribution is 2.36. The third kappa shape index (κ3) is 7.37. The number of aliphatic imine (C=N–C) groups is 1. The van der Waals surface area contributed by atoms with E-state index in [1.807, 2.05) is 32.1 Å². The standard InChI is InChI=1S/C24H30Cl2N2O2S/c1-6-27-14-13-17(2)15-22(26)21-16-19(25)9-12-23(21)28-31(29,30)20-10-7-18(8-11-20)24(3,4)5/h7-14,16,22,28H,6,15H2,1-5H3/b17-13+,27-14?. The van der Waals surface area contributed by atoms with Gasteiger partial charge in [0.05, 0.1) is 16.0 Å². The Bertz CT molecular complexity index is 1050. The van der Waals surface area contributed by atoms with Crippen LogP contribution in [0.3, 0.4) is 0 Å². The van der Waals surface area contributed by atoms with Crippen molar-refractivity contribution in [2.75, 3.05) is 11.3 Å². The second-order valence-corrected chi connectivity index (χ2v) is 11.1. The van der Waals surface area contributed by atoms with Crippen molar-refractivity contribution in [2.45, 2.75) is 56.7 Å². The van der Waals surface area contributed by atoms with Crippen LogP contribution in [0.1, 0.15) is 57.5 Å². The molecule has 168 valence electrons. The molecule has 31 heavy (non-hydrogen) atoms. The van der Waals surface area contributed by atoms with Gasteiger partial charge in [-0.3, -0.25) is 9.71 Å². The lowest BCUT2D eigenvalue weighted by atomic mass is 9.87. The third-order valence-corrected chi connectivity index (χ3v) is 6.78. The fourth-order valence-electron chi connectivity index (χ4n) is 2.97. The van der Waals surface area contributed by atoms with E-state index in [0.717, 1.165) is 11.1 Å². The highest BCUT2D eigenvalue weighted by molar-refractivity contribution is 7.92. The fraction of sp³-hybridized carbons (Fsp3) is 0.375. The maximum atomic E-state index is 13.0. The Labute approximate surface area is 196 Å². The van der Waals surface area contributed by atoms with Gasteiger partial charge in [-0.05, 0) is 73.2 Å². The summed E-state index contributed by atoms with van der Waals surface area (Å²) in [6.07, 6.45) is 4.19. The molecule has 2 aromatic rings. The first-order valence-electron chi connectivity index (χ1n) is 10.2. The number of sulfonamides is 1. The molecule has 0 saturated heterocycles. The topological polar surface area (TPSA) is 58.5 Å². The number of rotatable bonds is 8. The first-order chi connectivity index (χ1) is 14.4. The number of hydrogen-bond donors (Lipinski definition) is 1. The smallest absolute Gasteiger partial charge is 0.261 e. The summed E-state index contributed by atoms with van der Waals surface area (Å²) >= 11 is 12.8. The van der Waals surface area contributed by atoms with Crippen LogP contribution in [0.4, 0.5) is 5.69 Å². The summed E-state index contributed by atoms with van der Waals surface area (Å²) in [5.74, 6) is 0. The molecule has 4 nitrogen and oxygen atoms in total. The largest absolute Gasteiger partial charge is 0.293 e. The van der Waals surface area contributed by atoms with E-state index in [2.05, 4.69) is 30.5 Å². The van der Waals surface area contributed by atoms with E-state index in [-0.39, 0.29) is 10.3 Å². The molecule has 0 fully saturated rings. The van der Waals surface area contributed by atoms with Gasteiger partial charge >= 0.3 is 0 Å². The van der Waals surface area contributed by atoms with Gasteiger partial charge in [0.15, 0.2) is 0 Å². The molecule has 0 spiro atoms. The Morgan fingerprint density at radius 1 is 1.16 bits per heavy atom. The number of alkyl halides is 1. The maximum Gasteiger partial charge on any atom is 0.261 e. The molecule has 0 aliphatic heterocycles. The number of halogens is 2. The second kappa shape index (κ2) is 10.7. The van der Waals surface area contributed by atoms with Crippen molar-refractivity contribution in [3.8, 4) is 0 Å². The molecule has 7 heteroatoms. The molecule has 0 aliphatic rings. The summed E-state index contributed by atoms with van der Waals surface area (Å²) in [5.41, 5.74) is 3.08. The quantitative estimate of drug-likeness (QED) is 0.322. The Morgan fingerprint density at radius 2 is 1.81 bits per heavy atom. The monoisotopic (exact) mass is 480 g/mol. The van der Waals surface area contributed by atoms with Crippen molar-refractivity contribution in [1.82, 2.24) is 0 Å². The van der Waals surface area contributed by atoms with E-state index in [0.29, 0.717) is 29.2 Å². The van der Waals surface area contributed by atoms with Crippen LogP contribution in [0.5, 0.6) is 0 Å². The summed E-state index contributed by atoms with van der Waals surface area (Å²) in [7, 11) is -3.78. The minimum Gasteiger partial charge on any atom is -0.293 e. The molecular formula is C24H30Cl2N2O2S. The van der Waals surface area contributed by atoms with Crippen molar-refractivity contribution < 1.29 is 8.42 Å². The molecule has 2 rings (SSSR count). The first-order valence-corrected chi connectivity index (χ1v) is 12.5. The van der Waals surface area contributed by atoms with E-state index in [1.165, 1.54) is 0 Å². The minimum atomic E-state index is -3.78. The molecule has 1 unspecified atom stereocenters. The van der Waals surface area contributed by atoms with E-state index >= 15 is 0 Å². The van der Waals surface area contributed by atoms with Gasteiger partial charge in [-0.25, -0.2) is 8.42 Å². The fourth-order valence-corrected chi connectivity index (χ4v) is 4.66. The predicted octanol–water partition coefficient (Wildman–Crippen LogP) is 7.15. The van der Waals surface area contributed by atoms with Crippen molar-refractivity contribution >= 4 is 45.1 Å². The highest BCUT2D eigenvalue weighted by atomic mass is 35.5. The number of nitrogens with one attached hydrogen (secondary N) is 1. The van der Waals surface area contributed by atoms with Crippen LogP contribution in [-0.2, 0) is 15.4 Å². The number of anilines is 1. The van der Waals surface area contributed by atoms with Gasteiger partial charge < -0.3 is 0 Å². The zero-order chi connectivity index (χ0) is 23.2. The van der Waals surface area contributed by atoms with Crippen LogP contribution < -0.4 is 4.72 Å². The molecule has 1 N–H and O–H groups in total. The van der Waals surface area contributed by atoms with Crippen LogP contribution in [0.2, 0.25) is 5.02 Å². The van der Waals surface area contributed by atoms with Crippen LogP contribution in [0.25, 0.3) is 0 Å². The van der Waals surface area contributed by atoms with Gasteiger partial charge in [-0.15, -0.1) is 11.6 Å². The Kier molecular flexibility index (Phi) is 8.75. The van der Waals surface area contributed by atoms with Crippen LogP contribution in [0, 0.1) is 0 Å². The molecule has 0 saturated carbocycles. The average Bonchev–Trinajstić information content (AvgIpc) is 2.68. The number of nitrogens with zero attached hydrogens (tertiary/aromatic N) is 1. The van der Waals surface area contributed by atoms with E-state index < -0.39 is 15.4 Å². The van der Waals surface area contributed by atoms with E-state index in [1.54, 1.807) is 36.5 Å². The van der Waals surface area contributed by atoms with E-state index in [9.17, 15) is 8.42 Å². The lowest BCUT2D eigenvalue weighted by molar-refractivity contribution is 0.587. The predicted molar refractivity (Wildman–Crippen MR) is 133 cm³/mol. The summed E-state index contributed by atoms with van der Waals surface area (Å²) < 4.78 is 28.7. The molecule has 0 aliphatic carbocycles. The summed E-state index contributed by atoms with van der Waals surface area (Å²) in [4.78, 5) is 4.36. The summed E-state index contributed by atoms with van der Waals surface area (Å²) in [5, 5.41) is 0.0400. The third-order valence-electron chi connectivity index (χ3n) is 4.77. The van der Waals surface area contributed by atoms with Crippen molar-refractivity contribution in [1.29, 1.82) is 0 Å². The normalized spacial score (nSPS) is 14.1. The Balaban J connectivity index is 2.30. The first kappa shape index (κ1) is 25.4. The molecule has 0 radical (unpaired) electrons. The number of allylic oxidation sites excluding steroid dienone is 2. The van der Waals surface area contributed by atoms with Gasteiger partial charge in [0.2, 0.25) is 0 Å². The van der Waals surface area contributed by atoms with Gasteiger partial charge in [-0.1, -0.05) is 50.1 Å². The number of hydrogen-bond acceptors (Lipinski definition) is 3. The number of benzene rings is 2. The SMILES string of the molecule is CCN=C/C=C(\C)CC(Cl)c1cc(Cl)ccc1NS(=O)(=O)c1ccc(C(C)(C)C)cc1. The molecule has 0 aromatic heterocycles. The lowest BCUT2D eigenvalue weighted by Gasteiger charge is -2.20. The molecule has 0 bridgehead atoms. The molecular weight excluding hydrogens is 451 g/mol. The maximum absolute atomic E-state index is 13.0. The van der Waals surface area contributed by atoms with Crippen molar-refractivity contribution in [2.24, 2.45) is 4.99 Å².